The van der Waals surface area contributed by atoms with Crippen molar-refractivity contribution in [3.8, 4) is 0 Å². The lowest BCUT2D eigenvalue weighted by molar-refractivity contribution is 0.0697. The van der Waals surface area contributed by atoms with E-state index in [4.69, 9.17) is 16.7 Å². The van der Waals surface area contributed by atoms with Crippen molar-refractivity contribution in [2.24, 2.45) is 0 Å². The fourth-order valence-corrected chi connectivity index (χ4v) is 1.82. The van der Waals surface area contributed by atoms with Gasteiger partial charge < -0.3 is 10.4 Å². The average molecular weight is 280 g/mol. The van der Waals surface area contributed by atoms with Crippen LogP contribution in [0.15, 0.2) is 36.4 Å². The second kappa shape index (κ2) is 5.28. The van der Waals surface area contributed by atoms with Crippen molar-refractivity contribution >= 4 is 28.9 Å². The zero-order valence-corrected chi connectivity index (χ0v) is 10.8. The summed E-state index contributed by atoms with van der Waals surface area (Å²) < 4.78 is 13.7. The minimum absolute atomic E-state index is 0.0741. The maximum absolute atomic E-state index is 13.7. The molecule has 0 aliphatic rings. The van der Waals surface area contributed by atoms with Gasteiger partial charge in [0, 0.05) is 10.7 Å². The van der Waals surface area contributed by atoms with Crippen molar-refractivity contribution in [3.63, 3.8) is 0 Å². The predicted octanol–water partition coefficient (Wildman–Crippen LogP) is 4.23. The summed E-state index contributed by atoms with van der Waals surface area (Å²) in [4.78, 5) is 11.1. The number of rotatable bonds is 3. The normalized spacial score (nSPS) is 10.3. The van der Waals surface area contributed by atoms with Crippen LogP contribution in [0.3, 0.4) is 0 Å². The quantitative estimate of drug-likeness (QED) is 0.884. The molecule has 0 heterocycles. The second-order valence-electron chi connectivity index (χ2n) is 4.06. The molecule has 0 unspecified atom stereocenters. The Labute approximate surface area is 114 Å². The van der Waals surface area contributed by atoms with Crippen molar-refractivity contribution in [1.82, 2.24) is 0 Å². The highest BCUT2D eigenvalue weighted by Gasteiger charge is 2.14. The van der Waals surface area contributed by atoms with Crippen molar-refractivity contribution in [2.45, 2.75) is 6.92 Å². The lowest BCUT2D eigenvalue weighted by Crippen LogP contribution is -2.04. The molecule has 2 aromatic carbocycles. The Kier molecular flexibility index (Phi) is 3.71. The van der Waals surface area contributed by atoms with Crippen LogP contribution in [0.2, 0.25) is 5.02 Å². The number of carboxylic acids is 1. The molecule has 0 aromatic heterocycles. The number of carboxylic acid groups (broad SMARTS) is 1. The predicted molar refractivity (Wildman–Crippen MR) is 72.8 cm³/mol. The molecule has 2 rings (SSSR count). The molecule has 98 valence electrons. The van der Waals surface area contributed by atoms with Crippen molar-refractivity contribution in [1.29, 1.82) is 0 Å². The summed E-state index contributed by atoms with van der Waals surface area (Å²) in [7, 11) is 0. The molecule has 5 heteroatoms. The molecule has 0 radical (unpaired) electrons. The number of carbonyl (C=O) groups is 1. The standard InChI is InChI=1S/C14H11ClFNO2/c1-8-5-6-9(7-11(8)15)17-13-10(14(18)19)3-2-4-12(13)16/h2-7,17H,1H3,(H,18,19). The van der Waals surface area contributed by atoms with Crippen LogP contribution >= 0.6 is 11.6 Å². The highest BCUT2D eigenvalue weighted by atomic mass is 35.5. The summed E-state index contributed by atoms with van der Waals surface area (Å²) in [6.45, 7) is 1.85. The topological polar surface area (TPSA) is 49.3 Å². The minimum Gasteiger partial charge on any atom is -0.478 e. The third-order valence-electron chi connectivity index (χ3n) is 2.69. The smallest absolute Gasteiger partial charge is 0.337 e. The Balaban J connectivity index is 2.42. The second-order valence-corrected chi connectivity index (χ2v) is 4.46. The van der Waals surface area contributed by atoms with Gasteiger partial charge in [0.2, 0.25) is 0 Å². The first-order valence-electron chi connectivity index (χ1n) is 5.54. The van der Waals surface area contributed by atoms with E-state index >= 15 is 0 Å². The first-order chi connectivity index (χ1) is 8.99. The van der Waals surface area contributed by atoms with Gasteiger partial charge in [0.15, 0.2) is 0 Å². The Hall–Kier alpha value is -2.07. The van der Waals surface area contributed by atoms with E-state index in [9.17, 15) is 9.18 Å². The lowest BCUT2D eigenvalue weighted by Gasteiger charge is -2.11. The van der Waals surface area contributed by atoms with E-state index in [1.165, 1.54) is 18.2 Å². The Morgan fingerprint density at radius 1 is 1.32 bits per heavy atom. The highest BCUT2D eigenvalue weighted by molar-refractivity contribution is 6.31. The highest BCUT2D eigenvalue weighted by Crippen LogP contribution is 2.27. The Morgan fingerprint density at radius 2 is 2.05 bits per heavy atom. The van der Waals surface area contributed by atoms with Crippen LogP contribution in [0.4, 0.5) is 15.8 Å². The van der Waals surface area contributed by atoms with Gasteiger partial charge >= 0.3 is 5.97 Å². The van der Waals surface area contributed by atoms with E-state index in [2.05, 4.69) is 5.32 Å². The van der Waals surface area contributed by atoms with Gasteiger partial charge in [0.1, 0.15) is 5.82 Å². The third-order valence-corrected chi connectivity index (χ3v) is 3.09. The van der Waals surface area contributed by atoms with E-state index in [1.54, 1.807) is 18.2 Å². The van der Waals surface area contributed by atoms with Gasteiger partial charge in [-0.05, 0) is 36.8 Å². The number of anilines is 2. The summed E-state index contributed by atoms with van der Waals surface area (Å²) >= 11 is 5.97. The summed E-state index contributed by atoms with van der Waals surface area (Å²) in [5.41, 5.74) is 1.22. The summed E-state index contributed by atoms with van der Waals surface area (Å²) in [5.74, 6) is -1.82. The first kappa shape index (κ1) is 13.4. The van der Waals surface area contributed by atoms with E-state index in [0.717, 1.165) is 5.56 Å². The molecule has 2 N–H and O–H groups in total. The van der Waals surface area contributed by atoms with Crippen LogP contribution in [-0.4, -0.2) is 11.1 Å². The molecule has 0 fully saturated rings. The van der Waals surface area contributed by atoms with Gasteiger partial charge in [-0.1, -0.05) is 23.7 Å². The summed E-state index contributed by atoms with van der Waals surface area (Å²) in [5, 5.41) is 12.3. The summed E-state index contributed by atoms with van der Waals surface area (Å²) in [6, 6.07) is 8.99. The first-order valence-corrected chi connectivity index (χ1v) is 5.92. The van der Waals surface area contributed by atoms with Gasteiger partial charge in [-0.2, -0.15) is 0 Å². The van der Waals surface area contributed by atoms with E-state index in [0.29, 0.717) is 10.7 Å². The van der Waals surface area contributed by atoms with Crippen molar-refractivity contribution < 1.29 is 14.3 Å². The van der Waals surface area contributed by atoms with Crippen LogP contribution in [0.1, 0.15) is 15.9 Å². The number of nitrogens with one attached hydrogen (secondary N) is 1. The molecule has 19 heavy (non-hydrogen) atoms. The molecule has 0 saturated heterocycles. The molecular formula is C14H11ClFNO2. The molecule has 0 saturated carbocycles. The Bertz CT molecular complexity index is 643. The molecule has 0 atom stereocenters. The number of aryl methyl sites for hydroxylation is 1. The molecule has 0 bridgehead atoms. The maximum atomic E-state index is 13.7. The molecule has 0 aliphatic carbocycles. The van der Waals surface area contributed by atoms with Crippen molar-refractivity contribution in [2.75, 3.05) is 5.32 Å². The fourth-order valence-electron chi connectivity index (χ4n) is 1.64. The minimum atomic E-state index is -1.19. The molecule has 0 spiro atoms. The maximum Gasteiger partial charge on any atom is 0.337 e. The number of hydrogen-bond acceptors (Lipinski definition) is 2. The zero-order chi connectivity index (χ0) is 14.0. The number of para-hydroxylation sites is 1. The van der Waals surface area contributed by atoms with Crippen LogP contribution < -0.4 is 5.32 Å². The van der Waals surface area contributed by atoms with Crippen LogP contribution in [0.5, 0.6) is 0 Å². The van der Waals surface area contributed by atoms with E-state index in [1.807, 2.05) is 6.92 Å². The molecule has 2 aromatic rings. The van der Waals surface area contributed by atoms with E-state index < -0.39 is 11.8 Å². The largest absolute Gasteiger partial charge is 0.478 e. The van der Waals surface area contributed by atoms with Crippen molar-refractivity contribution in [3.05, 3.63) is 58.4 Å². The lowest BCUT2D eigenvalue weighted by atomic mass is 10.1. The van der Waals surface area contributed by atoms with Gasteiger partial charge in [0.05, 0.1) is 11.3 Å². The molecule has 0 aliphatic heterocycles. The molecule has 3 nitrogen and oxygen atoms in total. The fraction of sp³-hybridized carbons (Fsp3) is 0.0714. The van der Waals surface area contributed by atoms with Gasteiger partial charge in [-0.25, -0.2) is 9.18 Å². The number of benzene rings is 2. The number of halogens is 2. The zero-order valence-electron chi connectivity index (χ0n) is 10.1. The summed E-state index contributed by atoms with van der Waals surface area (Å²) in [6.07, 6.45) is 0. The van der Waals surface area contributed by atoms with Crippen LogP contribution in [0, 0.1) is 12.7 Å². The van der Waals surface area contributed by atoms with Crippen LogP contribution in [-0.2, 0) is 0 Å². The average Bonchev–Trinajstić information content (AvgIpc) is 2.36. The third kappa shape index (κ3) is 2.85. The SMILES string of the molecule is Cc1ccc(Nc2c(F)cccc2C(=O)O)cc1Cl. The number of hydrogen-bond donors (Lipinski definition) is 2. The monoisotopic (exact) mass is 279 g/mol. The molecule has 0 amide bonds. The molecular weight excluding hydrogens is 269 g/mol. The van der Waals surface area contributed by atoms with Crippen LogP contribution in [0.25, 0.3) is 0 Å². The number of aromatic carboxylic acids is 1. The van der Waals surface area contributed by atoms with Gasteiger partial charge in [-0.3, -0.25) is 0 Å². The van der Waals surface area contributed by atoms with Gasteiger partial charge in [0.25, 0.3) is 0 Å². The van der Waals surface area contributed by atoms with E-state index in [-0.39, 0.29) is 11.3 Å². The van der Waals surface area contributed by atoms with Gasteiger partial charge in [-0.15, -0.1) is 0 Å². The Morgan fingerprint density at radius 3 is 2.68 bits per heavy atom.